The Morgan fingerprint density at radius 1 is 1.18 bits per heavy atom. The molecule has 0 atom stereocenters. The molecule has 6 nitrogen and oxygen atoms in total. The Morgan fingerprint density at radius 2 is 1.95 bits per heavy atom. The van der Waals surface area contributed by atoms with E-state index < -0.39 is 0 Å². The van der Waals surface area contributed by atoms with Gasteiger partial charge < -0.3 is 15.4 Å². The number of anilines is 2. The number of hydrogen-bond donors (Lipinski definition) is 2. The fourth-order valence-corrected chi connectivity index (χ4v) is 1.91. The van der Waals surface area contributed by atoms with E-state index in [4.69, 9.17) is 4.74 Å². The van der Waals surface area contributed by atoms with Crippen molar-refractivity contribution in [1.82, 2.24) is 15.5 Å². The molecule has 0 bridgehead atoms. The standard InChI is InChI=1S/C16H20N4O2/c1-10(2)17-16(21)12-6-8-15(20-19-12)18-13-9-11(3)5-7-14(13)22-4/h5-10H,1-4H3,(H,17,21)(H,18,20). The van der Waals surface area contributed by atoms with Crippen LogP contribution in [0.1, 0.15) is 29.9 Å². The van der Waals surface area contributed by atoms with E-state index in [1.807, 2.05) is 39.0 Å². The Labute approximate surface area is 129 Å². The first-order valence-electron chi connectivity index (χ1n) is 7.06. The zero-order chi connectivity index (χ0) is 16.1. The number of hydrogen-bond acceptors (Lipinski definition) is 5. The molecule has 0 radical (unpaired) electrons. The highest BCUT2D eigenvalue weighted by atomic mass is 16.5. The number of amides is 1. The van der Waals surface area contributed by atoms with Gasteiger partial charge in [0.05, 0.1) is 12.8 Å². The molecule has 1 aromatic heterocycles. The second-order valence-corrected chi connectivity index (χ2v) is 5.26. The summed E-state index contributed by atoms with van der Waals surface area (Å²) in [6.45, 7) is 5.78. The van der Waals surface area contributed by atoms with Crippen LogP contribution in [0.3, 0.4) is 0 Å². The largest absolute Gasteiger partial charge is 0.495 e. The summed E-state index contributed by atoms with van der Waals surface area (Å²) in [5.74, 6) is 1.03. The zero-order valence-electron chi connectivity index (χ0n) is 13.2. The number of nitrogens with one attached hydrogen (secondary N) is 2. The molecule has 0 fully saturated rings. The molecule has 116 valence electrons. The molecule has 0 saturated carbocycles. The van der Waals surface area contributed by atoms with E-state index >= 15 is 0 Å². The summed E-state index contributed by atoms with van der Waals surface area (Å²) in [4.78, 5) is 11.8. The highest BCUT2D eigenvalue weighted by Crippen LogP contribution is 2.27. The first-order chi connectivity index (χ1) is 10.5. The van der Waals surface area contributed by atoms with Crippen LogP contribution in [-0.2, 0) is 0 Å². The molecule has 0 aliphatic carbocycles. The fourth-order valence-electron chi connectivity index (χ4n) is 1.91. The minimum absolute atomic E-state index is 0.0589. The Morgan fingerprint density at radius 3 is 2.55 bits per heavy atom. The molecule has 0 saturated heterocycles. The molecule has 22 heavy (non-hydrogen) atoms. The molecule has 0 aliphatic heterocycles. The van der Waals surface area contributed by atoms with Crippen molar-refractivity contribution < 1.29 is 9.53 Å². The maximum absolute atomic E-state index is 11.8. The van der Waals surface area contributed by atoms with Crippen molar-refractivity contribution in [1.29, 1.82) is 0 Å². The monoisotopic (exact) mass is 300 g/mol. The third-order valence-electron chi connectivity index (χ3n) is 2.93. The Bertz CT molecular complexity index is 654. The van der Waals surface area contributed by atoms with Gasteiger partial charge in [0.1, 0.15) is 5.75 Å². The lowest BCUT2D eigenvalue weighted by atomic mass is 10.2. The average molecular weight is 300 g/mol. The molecule has 2 N–H and O–H groups in total. The van der Waals surface area contributed by atoms with Crippen LogP contribution >= 0.6 is 0 Å². The molecule has 1 amide bonds. The normalized spacial score (nSPS) is 10.4. The predicted molar refractivity (Wildman–Crippen MR) is 85.6 cm³/mol. The van der Waals surface area contributed by atoms with Gasteiger partial charge >= 0.3 is 0 Å². The van der Waals surface area contributed by atoms with Gasteiger partial charge in [-0.2, -0.15) is 0 Å². The molecule has 0 aliphatic rings. The summed E-state index contributed by atoms with van der Waals surface area (Å²) in [5, 5.41) is 13.9. The fraction of sp³-hybridized carbons (Fsp3) is 0.312. The van der Waals surface area contributed by atoms with E-state index in [1.54, 1.807) is 19.2 Å². The average Bonchev–Trinajstić information content (AvgIpc) is 2.47. The third kappa shape index (κ3) is 3.94. The van der Waals surface area contributed by atoms with Gasteiger partial charge in [-0.15, -0.1) is 10.2 Å². The third-order valence-corrected chi connectivity index (χ3v) is 2.93. The molecule has 1 aromatic carbocycles. The molecule has 1 heterocycles. The van der Waals surface area contributed by atoms with Crippen LogP contribution in [0.25, 0.3) is 0 Å². The molecule has 2 aromatic rings. The van der Waals surface area contributed by atoms with Crippen molar-refractivity contribution in [2.75, 3.05) is 12.4 Å². The van der Waals surface area contributed by atoms with E-state index in [2.05, 4.69) is 20.8 Å². The van der Waals surface area contributed by atoms with Crippen molar-refractivity contribution in [3.05, 3.63) is 41.6 Å². The molecule has 6 heteroatoms. The smallest absolute Gasteiger partial charge is 0.271 e. The second kappa shape index (κ2) is 6.89. The first kappa shape index (κ1) is 15.8. The van der Waals surface area contributed by atoms with E-state index in [1.165, 1.54) is 0 Å². The number of carbonyl (C=O) groups excluding carboxylic acids is 1. The first-order valence-corrected chi connectivity index (χ1v) is 7.06. The number of benzene rings is 1. The summed E-state index contributed by atoms with van der Waals surface area (Å²) in [6, 6.07) is 9.22. The number of ether oxygens (including phenoxy) is 1. The summed E-state index contributed by atoms with van der Waals surface area (Å²) >= 11 is 0. The van der Waals surface area contributed by atoms with Crippen molar-refractivity contribution >= 4 is 17.4 Å². The lowest BCUT2D eigenvalue weighted by Gasteiger charge is -2.11. The van der Waals surface area contributed by atoms with Gasteiger partial charge in [-0.1, -0.05) is 6.07 Å². The molecular weight excluding hydrogens is 280 g/mol. The van der Waals surface area contributed by atoms with E-state index in [0.717, 1.165) is 11.3 Å². The molecular formula is C16H20N4O2. The van der Waals surface area contributed by atoms with Gasteiger partial charge in [-0.25, -0.2) is 0 Å². The number of aromatic nitrogens is 2. The highest BCUT2D eigenvalue weighted by molar-refractivity contribution is 5.92. The maximum Gasteiger partial charge on any atom is 0.271 e. The topological polar surface area (TPSA) is 76.1 Å². The van der Waals surface area contributed by atoms with Gasteiger partial charge in [0, 0.05) is 6.04 Å². The van der Waals surface area contributed by atoms with Crippen LogP contribution < -0.4 is 15.4 Å². The maximum atomic E-state index is 11.8. The Kier molecular flexibility index (Phi) is 4.93. The minimum Gasteiger partial charge on any atom is -0.495 e. The SMILES string of the molecule is COc1ccc(C)cc1Nc1ccc(C(=O)NC(C)C)nn1. The summed E-state index contributed by atoms with van der Waals surface area (Å²) < 4.78 is 5.30. The van der Waals surface area contributed by atoms with Crippen molar-refractivity contribution in [3.63, 3.8) is 0 Å². The van der Waals surface area contributed by atoms with Crippen molar-refractivity contribution in [2.24, 2.45) is 0 Å². The van der Waals surface area contributed by atoms with Crippen LogP contribution in [-0.4, -0.2) is 29.3 Å². The molecule has 2 rings (SSSR count). The van der Waals surface area contributed by atoms with Gasteiger partial charge in [0.2, 0.25) is 0 Å². The number of methoxy groups -OCH3 is 1. The van der Waals surface area contributed by atoms with Gasteiger partial charge in [0.25, 0.3) is 5.91 Å². The lowest BCUT2D eigenvalue weighted by Crippen LogP contribution is -2.30. The van der Waals surface area contributed by atoms with Crippen LogP contribution in [0.4, 0.5) is 11.5 Å². The summed E-state index contributed by atoms with van der Waals surface area (Å²) in [5.41, 5.74) is 2.19. The lowest BCUT2D eigenvalue weighted by molar-refractivity contribution is 0.0937. The number of aryl methyl sites for hydroxylation is 1. The van der Waals surface area contributed by atoms with Crippen LogP contribution in [0.5, 0.6) is 5.75 Å². The van der Waals surface area contributed by atoms with E-state index in [9.17, 15) is 4.79 Å². The Hall–Kier alpha value is -2.63. The zero-order valence-corrected chi connectivity index (χ0v) is 13.2. The Balaban J connectivity index is 2.15. The van der Waals surface area contributed by atoms with Crippen LogP contribution in [0, 0.1) is 6.92 Å². The van der Waals surface area contributed by atoms with Gasteiger partial charge in [0.15, 0.2) is 11.5 Å². The quantitative estimate of drug-likeness (QED) is 0.888. The second-order valence-electron chi connectivity index (χ2n) is 5.26. The number of carbonyl (C=O) groups is 1. The van der Waals surface area contributed by atoms with Crippen molar-refractivity contribution in [2.45, 2.75) is 26.8 Å². The number of rotatable bonds is 5. The van der Waals surface area contributed by atoms with Crippen LogP contribution in [0.2, 0.25) is 0 Å². The van der Waals surface area contributed by atoms with Gasteiger partial charge in [-0.3, -0.25) is 4.79 Å². The van der Waals surface area contributed by atoms with E-state index in [0.29, 0.717) is 11.6 Å². The number of nitrogens with zero attached hydrogens (tertiary/aromatic N) is 2. The van der Waals surface area contributed by atoms with Gasteiger partial charge in [-0.05, 0) is 50.6 Å². The summed E-state index contributed by atoms with van der Waals surface area (Å²) in [7, 11) is 1.61. The molecule has 0 unspecified atom stereocenters. The van der Waals surface area contributed by atoms with Crippen LogP contribution in [0.15, 0.2) is 30.3 Å². The summed E-state index contributed by atoms with van der Waals surface area (Å²) in [6.07, 6.45) is 0. The highest BCUT2D eigenvalue weighted by Gasteiger charge is 2.10. The predicted octanol–water partition coefficient (Wildman–Crippen LogP) is 2.68. The minimum atomic E-state index is -0.234. The molecule has 0 spiro atoms. The van der Waals surface area contributed by atoms with Crippen molar-refractivity contribution in [3.8, 4) is 5.75 Å². The van der Waals surface area contributed by atoms with E-state index in [-0.39, 0.29) is 17.6 Å².